The Balaban J connectivity index is 0.994. The van der Waals surface area contributed by atoms with Crippen molar-refractivity contribution in [3.63, 3.8) is 0 Å². The smallest absolute Gasteiger partial charge is 0.328 e. The van der Waals surface area contributed by atoms with E-state index in [0.29, 0.717) is 53.5 Å². The van der Waals surface area contributed by atoms with E-state index in [9.17, 15) is 63.6 Å². The number of aromatic nitrogens is 2. The zero-order valence-electron chi connectivity index (χ0n) is 58.9. The SMILES string of the molecule is C=CCN1C[C@H](C(=O)N(CSCC(=O)N[C@H](Cc2ccccc2)C(=O)N[C@@H](CS)C(=O)N[C@@H](Cc2ccc(O)c(Br)c2)C(=O)N[C@H](Cc2c[nH]c3ccccc23)C(=O)N[C@@H](CCCCN)C(=O)N[C@H](C(=O)N[C@@H](CS)C(=O)N[C@H](C(=O)O)[C@@H](C)O)[C@@H](C)O)C(=O)NCC)CC2c3cccc4[nH]cc(c34)CC21. The number of imide groups is 1. The number of carboxylic acid groups (broad SMARTS) is 1. The molecule has 570 valence electrons. The van der Waals surface area contributed by atoms with Gasteiger partial charge >= 0.3 is 12.0 Å². The number of aromatic amines is 2. The first-order chi connectivity index (χ1) is 50.8. The average Bonchev–Trinajstić information content (AvgIpc) is 0.992. The second-order valence-electron chi connectivity index (χ2n) is 26.3. The molecule has 8 rings (SSSR count). The number of phenolic OH excluding ortho intramolecular Hbond substituents is 1. The van der Waals surface area contributed by atoms with Crippen molar-refractivity contribution < 1.29 is 73.2 Å². The molecule has 3 heterocycles. The number of hydrogen-bond donors (Lipinski definition) is 18. The van der Waals surface area contributed by atoms with Crippen molar-refractivity contribution >= 4 is 140 Å². The van der Waals surface area contributed by atoms with Crippen LogP contribution in [0.4, 0.5) is 4.79 Å². The summed E-state index contributed by atoms with van der Waals surface area (Å²) in [5, 5.41) is 66.0. The second kappa shape index (κ2) is 39.6. The molecule has 2 unspecified atom stereocenters. The lowest BCUT2D eigenvalue weighted by Gasteiger charge is -2.47. The Labute approximate surface area is 636 Å². The van der Waals surface area contributed by atoms with Crippen LogP contribution in [0.2, 0.25) is 0 Å². The number of aliphatic hydroxyl groups excluding tert-OH is 2. The van der Waals surface area contributed by atoms with E-state index in [-0.39, 0.29) is 84.8 Å². The van der Waals surface area contributed by atoms with Crippen LogP contribution in [0.5, 0.6) is 5.75 Å². The van der Waals surface area contributed by atoms with E-state index >= 15 is 9.59 Å². The van der Waals surface area contributed by atoms with Crippen LogP contribution in [0.1, 0.15) is 80.2 Å². The van der Waals surface area contributed by atoms with Crippen molar-refractivity contribution in [1.29, 1.82) is 0 Å². The fourth-order valence-electron chi connectivity index (χ4n) is 13.2. The van der Waals surface area contributed by atoms with Crippen molar-refractivity contribution in [1.82, 2.24) is 67.6 Å². The van der Waals surface area contributed by atoms with Gasteiger partial charge in [-0.2, -0.15) is 25.3 Å². The third kappa shape index (κ3) is 21.9. The van der Waals surface area contributed by atoms with Gasteiger partial charge in [-0.25, -0.2) is 9.59 Å². The first-order valence-corrected chi connectivity index (χ1v) is 38.1. The van der Waals surface area contributed by atoms with Crippen LogP contribution in [0, 0.1) is 5.92 Å². The predicted octanol–water partition coefficient (Wildman–Crippen LogP) is 2.32. The lowest BCUT2D eigenvalue weighted by molar-refractivity contribution is -0.145. The van der Waals surface area contributed by atoms with Crippen LogP contribution in [0.25, 0.3) is 21.8 Å². The molecule has 17 N–H and O–H groups in total. The summed E-state index contributed by atoms with van der Waals surface area (Å²) in [5.74, 6) is -11.4. The molecule has 0 radical (unpaired) electrons. The summed E-state index contributed by atoms with van der Waals surface area (Å²) in [7, 11) is 0. The third-order valence-electron chi connectivity index (χ3n) is 18.7. The Kier molecular flexibility index (Phi) is 30.9. The highest BCUT2D eigenvalue weighted by atomic mass is 79.9. The number of benzene rings is 4. The number of para-hydroxylation sites is 1. The van der Waals surface area contributed by atoms with Gasteiger partial charge in [0.05, 0.1) is 34.2 Å². The molecule has 1 aliphatic carbocycles. The summed E-state index contributed by atoms with van der Waals surface area (Å²) < 4.78 is 0.232. The lowest BCUT2D eigenvalue weighted by Crippen LogP contribution is -2.62. The maximum absolute atomic E-state index is 15.2. The molecule has 13 atom stereocenters. The van der Waals surface area contributed by atoms with E-state index in [4.69, 9.17) is 5.73 Å². The first-order valence-electron chi connectivity index (χ1n) is 34.9. The number of aliphatic hydroxyl groups is 2. The number of fused-ring (bicyclic) bond motifs is 3. The van der Waals surface area contributed by atoms with Crippen LogP contribution >= 0.6 is 52.9 Å². The van der Waals surface area contributed by atoms with Gasteiger partial charge in [-0.3, -0.25) is 53.0 Å². The van der Waals surface area contributed by atoms with E-state index in [0.717, 1.165) is 46.5 Å². The number of hydrogen-bond acceptors (Lipinski definition) is 19. The Morgan fingerprint density at radius 3 is 1.91 bits per heavy atom. The molecule has 29 nitrogen and oxygen atoms in total. The number of carbonyl (C=O) groups excluding carboxylic acids is 10. The minimum atomic E-state index is -1.79. The number of carboxylic acids is 1. The number of piperidine rings is 1. The molecule has 33 heteroatoms. The van der Waals surface area contributed by atoms with Gasteiger partial charge in [0.15, 0.2) is 6.04 Å². The summed E-state index contributed by atoms with van der Waals surface area (Å²) >= 11 is 12.9. The number of aliphatic carboxylic acids is 1. The number of unbranched alkanes of at least 4 members (excludes halogenated alkanes) is 1. The van der Waals surface area contributed by atoms with Crippen molar-refractivity contribution in [3.8, 4) is 5.75 Å². The van der Waals surface area contributed by atoms with Gasteiger partial charge in [-0.05, 0) is 127 Å². The van der Waals surface area contributed by atoms with E-state index in [1.807, 2.05) is 24.4 Å². The number of H-pyrrole nitrogens is 2. The number of likely N-dealkylation sites (tertiary alicyclic amines) is 1. The molecule has 106 heavy (non-hydrogen) atoms. The fraction of sp³-hybridized carbons (Fsp3) is 0.438. The number of phenols is 1. The largest absolute Gasteiger partial charge is 0.507 e. The van der Waals surface area contributed by atoms with Crippen LogP contribution in [-0.4, -0.2) is 221 Å². The van der Waals surface area contributed by atoms with E-state index in [1.165, 1.54) is 30.7 Å². The number of thioether (sulfide) groups is 1. The van der Waals surface area contributed by atoms with Crippen LogP contribution < -0.4 is 53.6 Å². The summed E-state index contributed by atoms with van der Waals surface area (Å²) in [6, 6.07) is 13.3. The molecular weight excluding hydrogens is 1490 g/mol. The highest BCUT2D eigenvalue weighted by molar-refractivity contribution is 9.10. The Bertz CT molecular complexity index is 4130. The van der Waals surface area contributed by atoms with Crippen molar-refractivity contribution in [3.05, 3.63) is 148 Å². The Morgan fingerprint density at radius 2 is 1.26 bits per heavy atom. The molecule has 2 aliphatic rings. The summed E-state index contributed by atoms with van der Waals surface area (Å²) in [5.41, 5.74) is 11.4. The second-order valence-corrected chi connectivity index (χ2v) is 28.9. The molecule has 1 saturated heterocycles. The molecule has 1 fully saturated rings. The molecule has 4 aromatic carbocycles. The molecule has 6 aromatic rings. The third-order valence-corrected chi connectivity index (χ3v) is 20.9. The van der Waals surface area contributed by atoms with Crippen LogP contribution in [0.3, 0.4) is 0 Å². The molecule has 2 aromatic heterocycles. The maximum atomic E-state index is 15.2. The number of thiol groups is 2. The van der Waals surface area contributed by atoms with Gasteiger partial charge in [0, 0.05) is 96.6 Å². The van der Waals surface area contributed by atoms with Gasteiger partial charge < -0.3 is 84.0 Å². The fourth-order valence-corrected chi connectivity index (χ4v) is 14.9. The Hall–Kier alpha value is -8.96. The van der Waals surface area contributed by atoms with Crippen molar-refractivity contribution in [2.24, 2.45) is 11.7 Å². The van der Waals surface area contributed by atoms with Gasteiger partial charge in [0.2, 0.25) is 53.2 Å². The summed E-state index contributed by atoms with van der Waals surface area (Å²) in [4.78, 5) is 165. The van der Waals surface area contributed by atoms with E-state index in [1.54, 1.807) is 67.7 Å². The molecule has 0 bridgehead atoms. The summed E-state index contributed by atoms with van der Waals surface area (Å²) in [6.45, 7) is 9.34. The monoisotopic (exact) mass is 1580 g/mol. The van der Waals surface area contributed by atoms with Gasteiger partial charge in [0.25, 0.3) is 0 Å². The lowest BCUT2D eigenvalue weighted by atomic mass is 9.72. The standard InChI is InChI=1S/C73H93BrN14O15S3/c1-5-25-87-34-45(29-48-47-18-14-21-51-61(47)44(33-78-51)31-58(48)87)71(100)88(73(103)76-6-2)38-106-37-60(92)79-53(27-41-15-8-7-9-16-41)65(94)83-56(35-104)68(97)81-54(28-42-22-23-59(91)49(74)26-42)66(95)82-55(30-43-32-77-50-19-11-10-17-46(43)50)67(96)80-52(20-12-13-24-75)64(93)85-62(39(3)89)70(99)84-57(36-105)69(98)86-63(40(4)90)72(101)102/h5,7-11,14-19,21-23,26,32-33,39-40,45,48,52-58,62-63,77-78,89-91,104-105H,1,6,12-13,20,24-25,27-31,34-38,75H2,2-4H3,(H,76,103)(H,79,92)(H,80,96)(H,81,97)(H,82,95)(H,83,94)(H,84,99)(H,85,93)(H,86,98)(H,101,102)/t39-,40-,45-,48?,52+,53-,54+,55-,56+,57+,58?,62+,63+/m1/s1. The number of amides is 11. The average molecular weight is 1580 g/mol. The van der Waals surface area contributed by atoms with E-state index in [2.05, 4.69) is 117 Å². The zero-order valence-corrected chi connectivity index (χ0v) is 63.0. The van der Waals surface area contributed by atoms with E-state index < -0.39 is 137 Å². The topological polar surface area (TPSA) is 441 Å². The minimum absolute atomic E-state index is 0.0132. The first kappa shape index (κ1) is 82.7. The number of nitrogens with zero attached hydrogens (tertiary/aromatic N) is 2. The van der Waals surface area contributed by atoms with Gasteiger partial charge in [0.1, 0.15) is 48.0 Å². The molecular formula is C73H93BrN14O15S3. The number of nitrogens with two attached hydrogens (primary N) is 1. The molecule has 1 aliphatic heterocycles. The van der Waals surface area contributed by atoms with Gasteiger partial charge in [-0.1, -0.05) is 72.8 Å². The minimum Gasteiger partial charge on any atom is -0.507 e. The molecule has 0 saturated carbocycles. The summed E-state index contributed by atoms with van der Waals surface area (Å²) in [6.07, 6.45) is 3.48. The number of rotatable bonds is 38. The zero-order chi connectivity index (χ0) is 76.9. The quantitative estimate of drug-likeness (QED) is 0.0114. The van der Waals surface area contributed by atoms with Crippen molar-refractivity contribution in [2.45, 2.75) is 145 Å². The maximum Gasteiger partial charge on any atom is 0.328 e. The van der Waals surface area contributed by atoms with Gasteiger partial charge in [-0.15, -0.1) is 18.3 Å². The van der Waals surface area contributed by atoms with Crippen molar-refractivity contribution in [2.75, 3.05) is 49.3 Å². The number of urea groups is 1. The Morgan fingerprint density at radius 1 is 0.689 bits per heavy atom. The predicted molar refractivity (Wildman–Crippen MR) is 410 cm³/mol. The van der Waals surface area contributed by atoms with Crippen LogP contribution in [-0.2, 0) is 73.6 Å². The number of halogens is 1. The molecule has 0 spiro atoms. The molecule has 11 amide bonds. The number of aromatic hydroxyl groups is 1. The number of carbonyl (C=O) groups is 11. The normalized spacial score (nSPS) is 17.5. The number of nitrogens with one attached hydrogen (secondary N) is 11. The highest BCUT2D eigenvalue weighted by Gasteiger charge is 2.45. The highest BCUT2D eigenvalue weighted by Crippen LogP contribution is 2.45. The van der Waals surface area contributed by atoms with Crippen LogP contribution in [0.15, 0.2) is 121 Å².